The monoisotopic (exact) mass is 2070 g/mol. The number of nitrogens with zero attached hydrogens (tertiary/aromatic N) is 8. The fraction of sp³-hybridized carbons (Fsp3) is 0.390. The highest BCUT2D eigenvalue weighted by Crippen LogP contribution is 2.50. The number of aryl methyl sites for hydroxylation is 6. The minimum absolute atomic E-state index is 0.0219. The molecule has 0 spiro atoms. The van der Waals surface area contributed by atoms with Crippen LogP contribution in [-0.2, 0) is 55.7 Å². The second kappa shape index (κ2) is 46.0. The third-order valence-electron chi connectivity index (χ3n) is 31.8. The number of fused-ring (bicyclic) bond motifs is 5. The summed E-state index contributed by atoms with van der Waals surface area (Å²) in [5.41, 5.74) is 17.6. The summed E-state index contributed by atoms with van der Waals surface area (Å²) >= 11 is 0. The van der Waals surface area contributed by atoms with E-state index in [1.165, 1.54) is 45.0 Å². The molecule has 2 N–H and O–H groups in total. The maximum absolute atomic E-state index is 13.7. The van der Waals surface area contributed by atoms with Crippen molar-refractivity contribution in [1.82, 2.24) is 36.8 Å². The van der Waals surface area contributed by atoms with Crippen LogP contribution in [0.2, 0.25) is 0 Å². The zero-order valence-electron chi connectivity index (χ0n) is 84.9. The standard InChI is InChI=1S/C31H38N2O3S.C30H34N2O5S.C29H31F3N2O3S.C28H32N2O3S/c1-22-11-12-27(19-24(22)3)25-13-15-26(16-14-25)31-28-20-32(17-7-8-18-33(28)29(31)21-36-4)37(34,35)30-10-6-5-9-23(30)2;1-21-7-3-4-8-29(21)38(33,34)31-15-5-6-16-32-25(18-31)30(26(32)19-35-2)23-11-9-22(10-12-23)24-13-14-27-28(17-24)37-20-36-27;1-20-7-2-3-10-27(20)38(36,37)33-15-4-5-16-34-25(18-33)28(26(34)19-35)22-13-11-21(12-14-22)23-8-6-9-24(17-23)29(30,31)32;1-21-9-5-6-12-27(21)34(32,33)29-17-7-8-18-30-25(19-29)28(26(30)20-31)24-15-13-23(14-16-24)22-10-3-2-4-11-22/h5-6,9-16,19,28-29,31H,7-8,17-18,20-21H2,1-4H3;3-4,7-14,17,25-26,30H,5-6,15-16,18-20H2,1-2H3;2-3,6-14,17,25-26,28,35H,4-5,15-16,18-19H2,1H3;2-6,9-16,25-26,28,31H,7-8,17-20H2,1H3/t28?,29-,31+;25?,26-,30+;2*25?,26-,28+/m1111/s1. The Bertz CT molecular complexity index is 7060. The Balaban J connectivity index is 0.000000129. The molecule has 0 aliphatic carbocycles. The largest absolute Gasteiger partial charge is 0.454 e. The molecule has 0 aromatic heterocycles. The van der Waals surface area contributed by atoms with E-state index in [2.05, 4.69) is 137 Å². The quantitative estimate of drug-likeness (QED) is 0.0641. The van der Waals surface area contributed by atoms with E-state index in [9.17, 15) is 57.1 Å². The summed E-state index contributed by atoms with van der Waals surface area (Å²) in [4.78, 5) is 11.0. The van der Waals surface area contributed by atoms with Crippen molar-refractivity contribution < 1.29 is 76.0 Å². The van der Waals surface area contributed by atoms with Crippen LogP contribution in [0.5, 0.6) is 11.5 Å². The highest BCUT2D eigenvalue weighted by molar-refractivity contribution is 7.90. The summed E-state index contributed by atoms with van der Waals surface area (Å²) in [7, 11) is -10.9. The molecule has 9 aliphatic rings. The van der Waals surface area contributed by atoms with Gasteiger partial charge in [-0.25, -0.2) is 33.7 Å². The van der Waals surface area contributed by atoms with Gasteiger partial charge >= 0.3 is 6.18 Å². The van der Waals surface area contributed by atoms with Crippen molar-refractivity contribution in [3.05, 3.63) is 346 Å². The SMILES string of the molecule is COC[C@@H]1[C@@H](c2ccc(-c3ccc(C)c(C)c3)cc2)C2CN(S(=O)(=O)c3ccccc3C)CCCCN21.COC[C@@H]1[C@@H](c2ccc(-c3ccc4c(c3)OCO4)cc2)C2CN(S(=O)(=O)c3ccccc3C)CCCCN21.Cc1ccccc1S(=O)(=O)N1CCCCN2C(C1)[C@H](c1ccc(-c3cccc(C(F)(F)F)c3)cc1)[C@H]2CO.Cc1ccccc1S(=O)(=O)N1CCCCN2C(C1)[C@H](c1ccc(-c3ccccc3)cc1)[C@H]2CO. The summed E-state index contributed by atoms with van der Waals surface area (Å²) < 4.78 is 178. The number of aliphatic hydroxyl groups is 2. The van der Waals surface area contributed by atoms with Crippen LogP contribution in [0.1, 0.15) is 136 Å². The minimum atomic E-state index is -4.41. The molecule has 8 saturated heterocycles. The van der Waals surface area contributed by atoms with Crippen molar-refractivity contribution in [1.29, 1.82) is 0 Å². The summed E-state index contributed by atoms with van der Waals surface area (Å²) in [5, 5.41) is 20.4. The Kier molecular flexibility index (Phi) is 33.3. The molecule has 147 heavy (non-hydrogen) atoms. The van der Waals surface area contributed by atoms with E-state index in [0.29, 0.717) is 102 Å². The van der Waals surface area contributed by atoms with Crippen LogP contribution in [0.25, 0.3) is 44.5 Å². The number of halogens is 3. The molecule has 0 bridgehead atoms. The summed E-state index contributed by atoms with van der Waals surface area (Å²) in [6.07, 6.45) is 2.56. The summed E-state index contributed by atoms with van der Waals surface area (Å²) in [6.45, 7) is 20.7. The smallest absolute Gasteiger partial charge is 0.416 e. The lowest BCUT2D eigenvalue weighted by atomic mass is 9.74. The second-order valence-electron chi connectivity index (χ2n) is 40.5. The molecule has 21 rings (SSSR count). The molecule has 0 saturated carbocycles. The third kappa shape index (κ3) is 22.5. The van der Waals surface area contributed by atoms with Gasteiger partial charge in [-0.1, -0.05) is 237 Å². The Labute approximate surface area is 865 Å². The van der Waals surface area contributed by atoms with Crippen LogP contribution < -0.4 is 9.47 Å². The average Bonchev–Trinajstić information content (AvgIpc) is 0.976. The van der Waals surface area contributed by atoms with E-state index in [4.69, 9.17) is 18.9 Å². The van der Waals surface area contributed by atoms with Crippen LogP contribution in [0.3, 0.4) is 0 Å². The lowest BCUT2D eigenvalue weighted by Gasteiger charge is -2.57. The Morgan fingerprint density at radius 2 is 0.571 bits per heavy atom. The first-order valence-electron chi connectivity index (χ1n) is 51.5. The molecule has 9 heterocycles. The molecular formula is C118H135F3N8O14S4. The number of benzene rings is 12. The number of rotatable bonds is 22. The van der Waals surface area contributed by atoms with Gasteiger partial charge in [0.2, 0.25) is 46.9 Å². The van der Waals surface area contributed by atoms with Crippen molar-refractivity contribution >= 4 is 40.1 Å². The van der Waals surface area contributed by atoms with E-state index in [-0.39, 0.29) is 92.0 Å². The molecule has 22 nitrogen and oxygen atoms in total. The van der Waals surface area contributed by atoms with E-state index in [0.717, 1.165) is 146 Å². The van der Waals surface area contributed by atoms with Gasteiger partial charge in [-0.05, 0) is 268 Å². The maximum atomic E-state index is 13.7. The lowest BCUT2D eigenvalue weighted by Crippen LogP contribution is -2.68. The highest BCUT2D eigenvalue weighted by Gasteiger charge is 2.55. The van der Waals surface area contributed by atoms with Gasteiger partial charge in [0.1, 0.15) is 0 Å². The lowest BCUT2D eigenvalue weighted by molar-refractivity contribution is -0.137. The molecule has 12 atom stereocenters. The van der Waals surface area contributed by atoms with E-state index in [1.807, 2.05) is 118 Å². The van der Waals surface area contributed by atoms with Crippen molar-refractivity contribution in [2.75, 3.05) is 126 Å². The number of hydrogen-bond donors (Lipinski definition) is 2. The topological polar surface area (TPSA) is 240 Å². The Morgan fingerprint density at radius 3 is 0.905 bits per heavy atom. The molecule has 0 radical (unpaired) electrons. The van der Waals surface area contributed by atoms with Gasteiger partial charge in [0.15, 0.2) is 11.5 Å². The minimum Gasteiger partial charge on any atom is -0.454 e. The molecule has 12 aromatic carbocycles. The van der Waals surface area contributed by atoms with Crippen LogP contribution in [0, 0.1) is 41.5 Å². The predicted molar refractivity (Wildman–Crippen MR) is 571 cm³/mol. The van der Waals surface area contributed by atoms with Crippen molar-refractivity contribution in [2.45, 2.75) is 191 Å². The predicted octanol–water partition coefficient (Wildman–Crippen LogP) is 19.8. The molecule has 29 heteroatoms. The molecule has 12 aromatic rings. The van der Waals surface area contributed by atoms with Gasteiger partial charge in [-0.15, -0.1) is 0 Å². The maximum Gasteiger partial charge on any atom is 0.416 e. The van der Waals surface area contributed by atoms with E-state index >= 15 is 0 Å². The molecular weight excluding hydrogens is 1940 g/mol. The third-order valence-corrected chi connectivity index (χ3v) is 39.9. The fourth-order valence-corrected chi connectivity index (χ4v) is 30.7. The van der Waals surface area contributed by atoms with Gasteiger partial charge in [0, 0.05) is 139 Å². The van der Waals surface area contributed by atoms with E-state index in [1.54, 1.807) is 105 Å². The van der Waals surface area contributed by atoms with Crippen LogP contribution in [0.4, 0.5) is 13.2 Å². The number of ether oxygens (including phenoxy) is 4. The normalized spacial score (nSPS) is 23.5. The van der Waals surface area contributed by atoms with Crippen molar-refractivity contribution in [3.8, 4) is 56.0 Å². The molecule has 0 amide bonds. The van der Waals surface area contributed by atoms with Gasteiger partial charge < -0.3 is 29.2 Å². The number of sulfonamides is 4. The Hall–Kier alpha value is -10.7. The van der Waals surface area contributed by atoms with Crippen molar-refractivity contribution in [2.24, 2.45) is 0 Å². The van der Waals surface area contributed by atoms with Crippen LogP contribution in [-0.4, -0.2) is 255 Å². The average molecular weight is 2070 g/mol. The zero-order chi connectivity index (χ0) is 103. The van der Waals surface area contributed by atoms with Gasteiger partial charge in [0.05, 0.1) is 51.6 Å². The summed E-state index contributed by atoms with van der Waals surface area (Å²) in [6, 6.07) is 90.9. The molecule has 8 fully saturated rings. The number of aliphatic hydroxyl groups excluding tert-OH is 2. The van der Waals surface area contributed by atoms with E-state index < -0.39 is 51.8 Å². The fourth-order valence-electron chi connectivity index (χ4n) is 23.8. The molecule has 9 aliphatic heterocycles. The second-order valence-corrected chi connectivity index (χ2v) is 48.1. The molecule has 776 valence electrons. The first-order valence-corrected chi connectivity index (χ1v) is 57.2. The first-order chi connectivity index (χ1) is 70.9. The van der Waals surface area contributed by atoms with Gasteiger partial charge in [-0.3, -0.25) is 19.6 Å². The van der Waals surface area contributed by atoms with Crippen LogP contribution >= 0.6 is 0 Å². The van der Waals surface area contributed by atoms with Crippen molar-refractivity contribution in [3.63, 3.8) is 0 Å². The summed E-state index contributed by atoms with van der Waals surface area (Å²) in [5.74, 6) is 1.96. The Morgan fingerprint density at radius 1 is 0.293 bits per heavy atom. The van der Waals surface area contributed by atoms with Crippen LogP contribution in [0.15, 0.2) is 305 Å². The molecule has 4 unspecified atom stereocenters. The number of methoxy groups -OCH3 is 2. The van der Waals surface area contributed by atoms with Gasteiger partial charge in [0.25, 0.3) is 0 Å². The zero-order valence-corrected chi connectivity index (χ0v) is 88.1. The number of hydrogen-bond acceptors (Lipinski definition) is 18. The van der Waals surface area contributed by atoms with Gasteiger partial charge in [-0.2, -0.15) is 30.4 Å². The first kappa shape index (κ1) is 106. The highest BCUT2D eigenvalue weighted by atomic mass is 32.2. The number of alkyl halides is 3.